The Labute approximate surface area is 204 Å². The molecule has 0 N–H and O–H groups in total. The van der Waals surface area contributed by atoms with Crippen molar-refractivity contribution < 1.29 is 14.2 Å². The van der Waals surface area contributed by atoms with E-state index in [1.807, 2.05) is 53.5 Å². The summed E-state index contributed by atoms with van der Waals surface area (Å²) in [7, 11) is 0. The smallest absolute Gasteiger partial charge is 0.150 e. The molecule has 2 fully saturated rings. The first-order valence-corrected chi connectivity index (χ1v) is 12.3. The molecule has 6 rings (SSSR count). The summed E-state index contributed by atoms with van der Waals surface area (Å²) in [6.45, 7) is 4.19. The third kappa shape index (κ3) is 4.59. The zero-order valence-corrected chi connectivity index (χ0v) is 19.7. The number of pyridine rings is 2. The number of hydrogen-bond donors (Lipinski definition) is 0. The molecule has 8 nitrogen and oxygen atoms in total. The van der Waals surface area contributed by atoms with Crippen LogP contribution in [0.5, 0.6) is 5.75 Å². The minimum atomic E-state index is -0.0815. The van der Waals surface area contributed by atoms with Crippen LogP contribution in [0.3, 0.4) is 0 Å². The predicted molar refractivity (Wildman–Crippen MR) is 133 cm³/mol. The number of nitrogens with zero attached hydrogens (tertiary/aromatic N) is 5. The van der Waals surface area contributed by atoms with Gasteiger partial charge in [0.15, 0.2) is 6.23 Å². The lowest BCUT2D eigenvalue weighted by Gasteiger charge is -2.28. The summed E-state index contributed by atoms with van der Waals surface area (Å²) in [6.07, 6.45) is 6.71. The molecular weight excluding hydrogens is 442 g/mol. The van der Waals surface area contributed by atoms with Crippen LogP contribution in [0.2, 0.25) is 0 Å². The van der Waals surface area contributed by atoms with E-state index in [4.69, 9.17) is 24.2 Å². The summed E-state index contributed by atoms with van der Waals surface area (Å²) in [6, 6.07) is 16.2. The largest absolute Gasteiger partial charge is 0.488 e. The Morgan fingerprint density at radius 3 is 2.69 bits per heavy atom. The van der Waals surface area contributed by atoms with Crippen molar-refractivity contribution in [1.29, 1.82) is 0 Å². The quantitative estimate of drug-likeness (QED) is 0.407. The zero-order valence-electron chi connectivity index (χ0n) is 19.7. The van der Waals surface area contributed by atoms with Crippen LogP contribution in [-0.2, 0) is 16.1 Å². The van der Waals surface area contributed by atoms with Gasteiger partial charge in [0.1, 0.15) is 29.4 Å². The van der Waals surface area contributed by atoms with Crippen LogP contribution >= 0.6 is 0 Å². The monoisotopic (exact) mass is 471 g/mol. The van der Waals surface area contributed by atoms with Gasteiger partial charge >= 0.3 is 0 Å². The number of hydrogen-bond acceptors (Lipinski definition) is 7. The molecule has 4 aromatic rings. The molecule has 1 aromatic carbocycles. The minimum absolute atomic E-state index is 0.0815. The van der Waals surface area contributed by atoms with Gasteiger partial charge < -0.3 is 19.1 Å². The first-order valence-electron chi connectivity index (χ1n) is 12.3. The van der Waals surface area contributed by atoms with Crippen molar-refractivity contribution in [2.45, 2.75) is 32.1 Å². The summed E-state index contributed by atoms with van der Waals surface area (Å²) in [5, 5.41) is 5.53. The third-order valence-corrected chi connectivity index (χ3v) is 6.59. The molecule has 8 heteroatoms. The fourth-order valence-corrected chi connectivity index (χ4v) is 4.75. The number of aromatic nitrogens is 4. The summed E-state index contributed by atoms with van der Waals surface area (Å²) in [5.41, 5.74) is 3.61. The maximum absolute atomic E-state index is 6.38. The van der Waals surface area contributed by atoms with Gasteiger partial charge in [-0.05, 0) is 37.0 Å². The molecule has 35 heavy (non-hydrogen) atoms. The number of benzene rings is 1. The molecule has 0 spiro atoms. The number of ether oxygens (including phenoxy) is 3. The van der Waals surface area contributed by atoms with Crippen LogP contribution in [0.15, 0.2) is 60.9 Å². The highest BCUT2D eigenvalue weighted by molar-refractivity contribution is 5.95. The Morgan fingerprint density at radius 1 is 0.971 bits per heavy atom. The van der Waals surface area contributed by atoms with Crippen molar-refractivity contribution in [3.8, 4) is 17.1 Å². The van der Waals surface area contributed by atoms with Gasteiger partial charge in [0.05, 0.1) is 18.9 Å². The number of fused-ring (bicyclic) bond motifs is 1. The first-order chi connectivity index (χ1) is 17.4. The van der Waals surface area contributed by atoms with Gasteiger partial charge in [-0.3, -0.25) is 4.98 Å². The van der Waals surface area contributed by atoms with E-state index < -0.39 is 0 Å². The molecule has 2 aliphatic rings. The molecule has 180 valence electrons. The molecule has 0 aliphatic carbocycles. The van der Waals surface area contributed by atoms with Gasteiger partial charge in [-0.2, -0.15) is 5.10 Å². The molecule has 0 amide bonds. The number of anilines is 1. The van der Waals surface area contributed by atoms with Crippen molar-refractivity contribution in [2.75, 3.05) is 37.8 Å². The second-order valence-corrected chi connectivity index (χ2v) is 8.89. The predicted octanol–water partition coefficient (Wildman–Crippen LogP) is 4.61. The normalized spacial score (nSPS) is 18.6. The van der Waals surface area contributed by atoms with Crippen LogP contribution in [0.4, 0.5) is 5.82 Å². The zero-order chi connectivity index (χ0) is 23.5. The van der Waals surface area contributed by atoms with E-state index in [1.165, 1.54) is 0 Å². The van der Waals surface area contributed by atoms with Gasteiger partial charge in [0, 0.05) is 43.5 Å². The summed E-state index contributed by atoms with van der Waals surface area (Å²) in [4.78, 5) is 12.1. The van der Waals surface area contributed by atoms with E-state index in [1.54, 1.807) is 0 Å². The fraction of sp³-hybridized carbons (Fsp3) is 0.370. The van der Waals surface area contributed by atoms with E-state index in [9.17, 15) is 0 Å². The Balaban J connectivity index is 1.44. The Kier molecular flexibility index (Phi) is 6.30. The van der Waals surface area contributed by atoms with Crippen molar-refractivity contribution in [3.05, 3.63) is 66.5 Å². The van der Waals surface area contributed by atoms with Crippen LogP contribution in [0.25, 0.3) is 22.3 Å². The molecule has 3 aromatic heterocycles. The molecule has 0 radical (unpaired) electrons. The molecule has 2 saturated heterocycles. The van der Waals surface area contributed by atoms with E-state index in [0.29, 0.717) is 19.8 Å². The molecule has 0 bridgehead atoms. The second-order valence-electron chi connectivity index (χ2n) is 8.89. The summed E-state index contributed by atoms with van der Waals surface area (Å²) >= 11 is 0. The molecule has 0 saturated carbocycles. The van der Waals surface area contributed by atoms with E-state index >= 15 is 0 Å². The lowest BCUT2D eigenvalue weighted by Crippen LogP contribution is -2.36. The van der Waals surface area contributed by atoms with Crippen LogP contribution in [-0.4, -0.2) is 52.7 Å². The van der Waals surface area contributed by atoms with E-state index in [0.717, 1.165) is 78.4 Å². The maximum Gasteiger partial charge on any atom is 0.150 e. The number of rotatable bonds is 6. The lowest BCUT2D eigenvalue weighted by molar-refractivity contribution is -0.0383. The highest BCUT2D eigenvalue weighted by Gasteiger charge is 2.23. The standard InChI is InChI=1S/C27H29N5O3/c1-2-6-20(7-3-1)19-35-23-18-24(31-13-16-33-17-14-31)30-26-21(23)9-11-28-27(26)22-10-12-29-32(22)25-8-4-5-15-34-25/h1-3,6-7,9-12,18,25H,4-5,8,13-17,19H2. The van der Waals surface area contributed by atoms with Crippen LogP contribution < -0.4 is 9.64 Å². The molecular formula is C27H29N5O3. The highest BCUT2D eigenvalue weighted by atomic mass is 16.5. The minimum Gasteiger partial charge on any atom is -0.488 e. The molecule has 2 aliphatic heterocycles. The van der Waals surface area contributed by atoms with Crippen molar-refractivity contribution in [3.63, 3.8) is 0 Å². The fourth-order valence-electron chi connectivity index (χ4n) is 4.75. The average Bonchev–Trinajstić information content (AvgIpc) is 3.43. The SMILES string of the molecule is c1ccc(COc2cc(N3CCOCC3)nc3c(-c4ccnn4C4CCCCO4)nccc23)cc1. The molecule has 5 heterocycles. The summed E-state index contributed by atoms with van der Waals surface area (Å²) in [5.74, 6) is 1.67. The highest BCUT2D eigenvalue weighted by Crippen LogP contribution is 2.36. The van der Waals surface area contributed by atoms with Gasteiger partial charge in [0.25, 0.3) is 0 Å². The van der Waals surface area contributed by atoms with Gasteiger partial charge in [-0.1, -0.05) is 30.3 Å². The Bertz CT molecular complexity index is 1280. The average molecular weight is 472 g/mol. The van der Waals surface area contributed by atoms with Crippen molar-refractivity contribution in [2.24, 2.45) is 0 Å². The van der Waals surface area contributed by atoms with Gasteiger partial charge in [-0.25, -0.2) is 9.67 Å². The van der Waals surface area contributed by atoms with Crippen LogP contribution in [0, 0.1) is 0 Å². The third-order valence-electron chi connectivity index (χ3n) is 6.59. The first kappa shape index (κ1) is 22.0. The second kappa shape index (κ2) is 10.0. The van der Waals surface area contributed by atoms with Crippen molar-refractivity contribution >= 4 is 16.7 Å². The Hall–Kier alpha value is -3.49. The topological polar surface area (TPSA) is 74.5 Å². The Morgan fingerprint density at radius 2 is 1.86 bits per heavy atom. The molecule has 1 unspecified atom stereocenters. The number of morpholine rings is 1. The van der Waals surface area contributed by atoms with E-state index in [-0.39, 0.29) is 6.23 Å². The van der Waals surface area contributed by atoms with Crippen LogP contribution in [0.1, 0.15) is 31.1 Å². The van der Waals surface area contributed by atoms with Crippen molar-refractivity contribution in [1.82, 2.24) is 19.7 Å². The maximum atomic E-state index is 6.38. The summed E-state index contributed by atoms with van der Waals surface area (Å²) < 4.78 is 19.9. The van der Waals surface area contributed by atoms with Gasteiger partial charge in [-0.15, -0.1) is 0 Å². The van der Waals surface area contributed by atoms with E-state index in [2.05, 4.69) is 22.1 Å². The lowest BCUT2D eigenvalue weighted by atomic mass is 10.1. The van der Waals surface area contributed by atoms with Gasteiger partial charge in [0.2, 0.25) is 0 Å². The molecule has 1 atom stereocenters.